The van der Waals surface area contributed by atoms with Crippen molar-refractivity contribution in [2.75, 3.05) is 6.54 Å². The lowest BCUT2D eigenvalue weighted by atomic mass is 10.1. The van der Waals surface area contributed by atoms with E-state index in [0.29, 0.717) is 45.8 Å². The third-order valence-electron chi connectivity index (χ3n) is 5.76. The fourth-order valence-corrected chi connectivity index (χ4v) is 5.15. The van der Waals surface area contributed by atoms with Gasteiger partial charge in [0.05, 0.1) is 11.9 Å². The molecule has 0 spiro atoms. The SMILES string of the molecule is Cc1nc(-c2ccccc2F)sc1C(=O)N1CCC[C@H]1c1ncc(Cc2ccc(F)cc2)o1. The molecule has 2 aromatic heterocycles. The van der Waals surface area contributed by atoms with Gasteiger partial charge in [0.1, 0.15) is 33.3 Å². The first-order valence-electron chi connectivity index (χ1n) is 10.7. The van der Waals surface area contributed by atoms with Gasteiger partial charge in [-0.05, 0) is 49.6 Å². The van der Waals surface area contributed by atoms with E-state index in [1.54, 1.807) is 48.4 Å². The van der Waals surface area contributed by atoms with Crippen molar-refractivity contribution in [2.24, 2.45) is 0 Å². The molecule has 1 amide bonds. The molecular formula is C25H21F2N3O2S. The Balaban J connectivity index is 1.36. The highest BCUT2D eigenvalue weighted by atomic mass is 32.1. The molecule has 1 aliphatic heterocycles. The molecule has 8 heteroatoms. The van der Waals surface area contributed by atoms with Crippen LogP contribution in [0.1, 0.15) is 51.5 Å². The number of likely N-dealkylation sites (tertiary alicyclic amines) is 1. The third-order valence-corrected chi connectivity index (χ3v) is 6.94. The van der Waals surface area contributed by atoms with Crippen molar-refractivity contribution in [3.63, 3.8) is 0 Å². The Morgan fingerprint density at radius 2 is 1.97 bits per heavy atom. The van der Waals surface area contributed by atoms with Gasteiger partial charge in [0.15, 0.2) is 0 Å². The lowest BCUT2D eigenvalue weighted by Crippen LogP contribution is -2.30. The zero-order valence-electron chi connectivity index (χ0n) is 17.9. The van der Waals surface area contributed by atoms with Crippen molar-refractivity contribution in [2.45, 2.75) is 32.2 Å². The average Bonchev–Trinajstić information content (AvgIpc) is 3.55. The van der Waals surface area contributed by atoms with E-state index in [-0.39, 0.29) is 23.6 Å². The molecular weight excluding hydrogens is 444 g/mol. The minimum absolute atomic E-state index is 0.145. The third kappa shape index (κ3) is 4.30. The molecule has 1 fully saturated rings. The Morgan fingerprint density at radius 1 is 1.18 bits per heavy atom. The van der Waals surface area contributed by atoms with Crippen LogP contribution in [0.25, 0.3) is 10.6 Å². The molecule has 2 aromatic carbocycles. The molecule has 0 saturated carbocycles. The minimum Gasteiger partial charge on any atom is -0.443 e. The van der Waals surface area contributed by atoms with Gasteiger partial charge >= 0.3 is 0 Å². The second kappa shape index (κ2) is 8.86. The number of hydrogen-bond acceptors (Lipinski definition) is 5. The van der Waals surface area contributed by atoms with Crippen LogP contribution in [0.4, 0.5) is 8.78 Å². The molecule has 0 unspecified atom stereocenters. The Kier molecular flexibility index (Phi) is 5.76. The predicted octanol–water partition coefficient (Wildman–Crippen LogP) is 5.95. The number of oxazole rings is 1. The molecule has 5 nitrogen and oxygen atoms in total. The van der Waals surface area contributed by atoms with E-state index < -0.39 is 0 Å². The second-order valence-corrected chi connectivity index (χ2v) is 9.04. The number of rotatable bonds is 5. The number of carbonyl (C=O) groups excluding carboxylic acids is 1. The number of aryl methyl sites for hydroxylation is 1. The number of aromatic nitrogens is 2. The smallest absolute Gasteiger partial charge is 0.266 e. The quantitative estimate of drug-likeness (QED) is 0.365. The molecule has 168 valence electrons. The van der Waals surface area contributed by atoms with Gasteiger partial charge in [-0.1, -0.05) is 24.3 Å². The van der Waals surface area contributed by atoms with Crippen molar-refractivity contribution in [1.29, 1.82) is 0 Å². The fraction of sp³-hybridized carbons (Fsp3) is 0.240. The van der Waals surface area contributed by atoms with Crippen LogP contribution in [0, 0.1) is 18.6 Å². The molecule has 0 radical (unpaired) electrons. The largest absolute Gasteiger partial charge is 0.443 e. The van der Waals surface area contributed by atoms with Gasteiger partial charge in [-0.3, -0.25) is 4.79 Å². The van der Waals surface area contributed by atoms with E-state index in [0.717, 1.165) is 18.4 Å². The maximum Gasteiger partial charge on any atom is 0.266 e. The number of halogens is 2. The summed E-state index contributed by atoms with van der Waals surface area (Å²) in [6.45, 7) is 2.36. The molecule has 0 aliphatic carbocycles. The van der Waals surface area contributed by atoms with Gasteiger partial charge in [-0.15, -0.1) is 11.3 Å². The Hall–Kier alpha value is -3.39. The molecule has 1 saturated heterocycles. The number of carbonyl (C=O) groups is 1. The first-order valence-corrected chi connectivity index (χ1v) is 11.5. The van der Waals surface area contributed by atoms with Crippen LogP contribution >= 0.6 is 11.3 Å². The highest BCUT2D eigenvalue weighted by molar-refractivity contribution is 7.17. The molecule has 0 bridgehead atoms. The van der Waals surface area contributed by atoms with Crippen LogP contribution in [0.3, 0.4) is 0 Å². The summed E-state index contributed by atoms with van der Waals surface area (Å²) in [4.78, 5) is 24.6. The number of nitrogens with zero attached hydrogens (tertiary/aromatic N) is 3. The van der Waals surface area contributed by atoms with E-state index >= 15 is 0 Å². The van der Waals surface area contributed by atoms with Gasteiger partial charge in [0, 0.05) is 18.5 Å². The fourth-order valence-electron chi connectivity index (χ4n) is 4.10. The van der Waals surface area contributed by atoms with E-state index in [9.17, 15) is 13.6 Å². The molecule has 33 heavy (non-hydrogen) atoms. The van der Waals surface area contributed by atoms with Crippen LogP contribution in [-0.2, 0) is 6.42 Å². The van der Waals surface area contributed by atoms with Crippen molar-refractivity contribution < 1.29 is 18.0 Å². The highest BCUT2D eigenvalue weighted by Crippen LogP contribution is 2.36. The van der Waals surface area contributed by atoms with Gasteiger partial charge < -0.3 is 9.32 Å². The average molecular weight is 466 g/mol. The Bertz CT molecular complexity index is 1300. The molecule has 1 aliphatic rings. The maximum atomic E-state index is 14.2. The number of thiazole rings is 1. The zero-order chi connectivity index (χ0) is 22.9. The normalized spacial score (nSPS) is 15.8. The van der Waals surface area contributed by atoms with Gasteiger partial charge in [-0.2, -0.15) is 0 Å². The molecule has 0 N–H and O–H groups in total. The van der Waals surface area contributed by atoms with Crippen LogP contribution in [-0.4, -0.2) is 27.3 Å². The van der Waals surface area contributed by atoms with Crippen molar-refractivity contribution in [3.05, 3.63) is 94.1 Å². The highest BCUT2D eigenvalue weighted by Gasteiger charge is 2.35. The molecule has 3 heterocycles. The van der Waals surface area contributed by atoms with Crippen molar-refractivity contribution >= 4 is 17.2 Å². The molecule has 1 atom stereocenters. The number of benzene rings is 2. The second-order valence-electron chi connectivity index (χ2n) is 8.04. The topological polar surface area (TPSA) is 59.2 Å². The number of hydrogen-bond donors (Lipinski definition) is 0. The number of amides is 1. The van der Waals surface area contributed by atoms with Crippen LogP contribution in [0.2, 0.25) is 0 Å². The van der Waals surface area contributed by atoms with Crippen LogP contribution < -0.4 is 0 Å². The summed E-state index contributed by atoms with van der Waals surface area (Å²) >= 11 is 1.20. The van der Waals surface area contributed by atoms with E-state index in [1.165, 1.54) is 29.5 Å². The summed E-state index contributed by atoms with van der Waals surface area (Å²) in [7, 11) is 0. The summed E-state index contributed by atoms with van der Waals surface area (Å²) in [5, 5.41) is 0.488. The summed E-state index contributed by atoms with van der Waals surface area (Å²) in [5.74, 6) is 0.362. The standard InChI is InChI=1S/C25H21F2N3O2S/c1-15-22(33-24(29-15)19-5-2-3-6-20(19)27)25(31)30-12-4-7-21(30)23-28-14-18(32-23)13-16-8-10-17(26)11-9-16/h2-3,5-6,8-11,14,21H,4,7,12-13H2,1H3/t21-/m0/s1. The van der Waals surface area contributed by atoms with Gasteiger partial charge in [0.2, 0.25) is 5.89 Å². The monoisotopic (exact) mass is 465 g/mol. The van der Waals surface area contributed by atoms with Crippen molar-refractivity contribution in [3.8, 4) is 10.6 Å². The zero-order valence-corrected chi connectivity index (χ0v) is 18.7. The Morgan fingerprint density at radius 3 is 2.76 bits per heavy atom. The summed E-state index contributed by atoms with van der Waals surface area (Å²) in [5.41, 5.74) is 1.89. The summed E-state index contributed by atoms with van der Waals surface area (Å²) < 4.78 is 33.3. The Labute approximate surface area is 193 Å². The summed E-state index contributed by atoms with van der Waals surface area (Å²) in [6, 6.07) is 12.4. The van der Waals surface area contributed by atoms with Crippen molar-refractivity contribution in [1.82, 2.24) is 14.9 Å². The van der Waals surface area contributed by atoms with Gasteiger partial charge in [0.25, 0.3) is 5.91 Å². The van der Waals surface area contributed by atoms with Gasteiger partial charge in [-0.25, -0.2) is 18.7 Å². The predicted molar refractivity (Wildman–Crippen MR) is 121 cm³/mol. The van der Waals surface area contributed by atoms with Crippen LogP contribution in [0.5, 0.6) is 0 Å². The van der Waals surface area contributed by atoms with E-state index in [1.807, 2.05) is 0 Å². The molecule has 5 rings (SSSR count). The summed E-state index contributed by atoms with van der Waals surface area (Å²) in [6.07, 6.45) is 3.74. The first kappa shape index (κ1) is 21.5. The maximum absolute atomic E-state index is 14.2. The minimum atomic E-state index is -0.363. The van der Waals surface area contributed by atoms with E-state index in [4.69, 9.17) is 4.42 Å². The first-order chi connectivity index (χ1) is 16.0. The molecule has 4 aromatic rings. The van der Waals surface area contributed by atoms with E-state index in [2.05, 4.69) is 9.97 Å². The van der Waals surface area contributed by atoms with Crippen LogP contribution in [0.15, 0.2) is 59.1 Å². The lowest BCUT2D eigenvalue weighted by Gasteiger charge is -2.21. The lowest BCUT2D eigenvalue weighted by molar-refractivity contribution is 0.0718.